The van der Waals surface area contributed by atoms with Gasteiger partial charge in [0.05, 0.1) is 12.2 Å². The van der Waals surface area contributed by atoms with Crippen molar-refractivity contribution in [2.75, 3.05) is 13.2 Å². The molecular weight excluding hydrogens is 432 g/mol. The third-order valence-electron chi connectivity index (χ3n) is 8.13. The van der Waals surface area contributed by atoms with Crippen LogP contribution in [0, 0.1) is 17.8 Å². The second-order valence-electron chi connectivity index (χ2n) is 10.5. The lowest BCUT2D eigenvalue weighted by Crippen LogP contribution is -2.31. The fourth-order valence-electron chi connectivity index (χ4n) is 6.39. The van der Waals surface area contributed by atoms with Crippen LogP contribution in [-0.2, 0) is 27.1 Å². The highest BCUT2D eigenvalue weighted by molar-refractivity contribution is 5.68. The molecule has 2 fully saturated rings. The zero-order valence-corrected chi connectivity index (χ0v) is 20.6. The van der Waals surface area contributed by atoms with E-state index in [-0.39, 0.29) is 31.0 Å². The highest BCUT2D eigenvalue weighted by Gasteiger charge is 2.45. The Hall–Kier alpha value is -1.63. The van der Waals surface area contributed by atoms with E-state index in [9.17, 15) is 9.90 Å². The molecule has 1 aromatic carbocycles. The summed E-state index contributed by atoms with van der Waals surface area (Å²) in [5.41, 5.74) is 2.38. The number of rotatable bonds is 12. The monoisotopic (exact) mass is 474 g/mol. The van der Waals surface area contributed by atoms with Crippen molar-refractivity contribution in [1.29, 1.82) is 0 Å². The SMILES string of the molecule is CCCCC[C@@H](CC[C@H]1C(O)C[C@@H]2Cc3c(cccc3OCC(=O)O)C[C@@H]21)OC1CCCCO1. The van der Waals surface area contributed by atoms with Gasteiger partial charge in [0.1, 0.15) is 5.75 Å². The van der Waals surface area contributed by atoms with Crippen LogP contribution in [0.4, 0.5) is 0 Å². The summed E-state index contributed by atoms with van der Waals surface area (Å²) in [5.74, 6) is 0.888. The number of hydrogen-bond acceptors (Lipinski definition) is 5. The first-order chi connectivity index (χ1) is 16.5. The summed E-state index contributed by atoms with van der Waals surface area (Å²) >= 11 is 0. The van der Waals surface area contributed by atoms with Crippen molar-refractivity contribution in [2.24, 2.45) is 17.8 Å². The molecule has 1 aliphatic heterocycles. The largest absolute Gasteiger partial charge is 0.482 e. The van der Waals surface area contributed by atoms with Gasteiger partial charge in [-0.05, 0) is 92.7 Å². The highest BCUT2D eigenvalue weighted by Crippen LogP contribution is 2.48. The standard InChI is InChI=1S/C28H42O6/c1-2-3-4-9-21(34-28-11-5-6-14-32-28)12-13-22-23-15-19-8-7-10-26(33-18-27(30)31)24(19)16-20(23)17-25(22)29/h7-8,10,20-23,25,28-29H,2-6,9,11-18H2,1H3,(H,30,31)/t20-,21-,22+,23-,25?,28?/m0/s1. The average Bonchev–Trinajstić information content (AvgIpc) is 3.14. The maximum atomic E-state index is 11.0. The molecular formula is C28H42O6. The van der Waals surface area contributed by atoms with E-state index < -0.39 is 5.97 Å². The second kappa shape index (κ2) is 12.4. The second-order valence-corrected chi connectivity index (χ2v) is 10.5. The summed E-state index contributed by atoms with van der Waals surface area (Å²) in [6, 6.07) is 5.97. The van der Waals surface area contributed by atoms with E-state index in [1.807, 2.05) is 12.1 Å². The van der Waals surface area contributed by atoms with E-state index in [2.05, 4.69) is 13.0 Å². The molecule has 6 atom stereocenters. The van der Waals surface area contributed by atoms with Crippen molar-refractivity contribution in [3.05, 3.63) is 29.3 Å². The summed E-state index contributed by atoms with van der Waals surface area (Å²) in [7, 11) is 0. The van der Waals surface area contributed by atoms with Gasteiger partial charge in [-0.25, -0.2) is 4.79 Å². The lowest BCUT2D eigenvalue weighted by molar-refractivity contribution is -0.191. The molecule has 1 heterocycles. The van der Waals surface area contributed by atoms with E-state index >= 15 is 0 Å². The zero-order chi connectivity index (χ0) is 23.9. The average molecular weight is 475 g/mol. The molecule has 2 aliphatic carbocycles. The van der Waals surface area contributed by atoms with Crippen LogP contribution >= 0.6 is 0 Å². The van der Waals surface area contributed by atoms with Crippen LogP contribution in [0.3, 0.4) is 0 Å². The molecule has 34 heavy (non-hydrogen) atoms. The number of ether oxygens (including phenoxy) is 3. The van der Waals surface area contributed by atoms with E-state index in [0.717, 1.165) is 63.5 Å². The number of fused-ring (bicyclic) bond motifs is 2. The summed E-state index contributed by atoms with van der Waals surface area (Å²) in [4.78, 5) is 11.0. The molecule has 0 aromatic heterocycles. The minimum atomic E-state index is -0.961. The molecule has 2 N–H and O–H groups in total. The number of hydrogen-bond donors (Lipinski definition) is 2. The summed E-state index contributed by atoms with van der Waals surface area (Å²) in [6.07, 6.45) is 12.4. The lowest BCUT2D eigenvalue weighted by Gasteiger charge is -2.33. The van der Waals surface area contributed by atoms with Crippen molar-refractivity contribution < 1.29 is 29.2 Å². The number of unbranched alkanes of at least 4 members (excludes halogenated alkanes) is 2. The number of carboxylic acids is 1. The predicted molar refractivity (Wildman–Crippen MR) is 130 cm³/mol. The van der Waals surface area contributed by atoms with Crippen molar-refractivity contribution in [3.8, 4) is 5.75 Å². The number of carboxylic acid groups (broad SMARTS) is 1. The molecule has 190 valence electrons. The minimum Gasteiger partial charge on any atom is -0.482 e. The molecule has 6 heteroatoms. The van der Waals surface area contributed by atoms with Gasteiger partial charge in [-0.2, -0.15) is 0 Å². The molecule has 4 rings (SSSR count). The van der Waals surface area contributed by atoms with E-state index in [1.54, 1.807) is 0 Å². The van der Waals surface area contributed by atoms with Crippen molar-refractivity contribution in [3.63, 3.8) is 0 Å². The van der Waals surface area contributed by atoms with Crippen LogP contribution in [0.5, 0.6) is 5.75 Å². The topological polar surface area (TPSA) is 85.2 Å². The Kier molecular flexibility index (Phi) is 9.26. The third-order valence-corrected chi connectivity index (χ3v) is 8.13. The van der Waals surface area contributed by atoms with Gasteiger partial charge in [0.25, 0.3) is 0 Å². The molecule has 0 amide bonds. The predicted octanol–water partition coefficient (Wildman–Crippen LogP) is 5.13. The zero-order valence-electron chi connectivity index (χ0n) is 20.6. The molecule has 1 aromatic rings. The molecule has 2 unspecified atom stereocenters. The van der Waals surface area contributed by atoms with Crippen molar-refractivity contribution in [1.82, 2.24) is 0 Å². The van der Waals surface area contributed by atoms with Crippen LogP contribution in [0.25, 0.3) is 0 Å². The normalized spacial score (nSPS) is 29.3. The van der Waals surface area contributed by atoms with Gasteiger partial charge in [0, 0.05) is 6.61 Å². The first kappa shape index (κ1) is 25.5. The first-order valence-electron chi connectivity index (χ1n) is 13.5. The van der Waals surface area contributed by atoms with Crippen LogP contribution < -0.4 is 4.74 Å². The van der Waals surface area contributed by atoms with Crippen molar-refractivity contribution >= 4 is 5.97 Å². The molecule has 0 spiro atoms. The fourth-order valence-corrected chi connectivity index (χ4v) is 6.39. The Labute approximate surface area is 204 Å². The maximum absolute atomic E-state index is 11.0. The van der Waals surface area contributed by atoms with Gasteiger partial charge >= 0.3 is 5.97 Å². The summed E-state index contributed by atoms with van der Waals surface area (Å²) in [6.45, 7) is 2.71. The van der Waals surface area contributed by atoms with Crippen LogP contribution in [0.2, 0.25) is 0 Å². The van der Waals surface area contributed by atoms with Gasteiger partial charge in [0.15, 0.2) is 12.9 Å². The number of carbonyl (C=O) groups is 1. The Morgan fingerprint density at radius 1 is 1.21 bits per heavy atom. The van der Waals surface area contributed by atoms with Crippen LogP contribution in [0.15, 0.2) is 18.2 Å². The smallest absolute Gasteiger partial charge is 0.341 e. The van der Waals surface area contributed by atoms with Gasteiger partial charge < -0.3 is 24.4 Å². The van der Waals surface area contributed by atoms with E-state index in [1.165, 1.54) is 31.2 Å². The Bertz CT molecular complexity index is 789. The van der Waals surface area contributed by atoms with Gasteiger partial charge in [-0.1, -0.05) is 38.3 Å². The highest BCUT2D eigenvalue weighted by atomic mass is 16.7. The van der Waals surface area contributed by atoms with Gasteiger partial charge in [-0.3, -0.25) is 0 Å². The third kappa shape index (κ3) is 6.52. The molecule has 6 nitrogen and oxygen atoms in total. The van der Waals surface area contributed by atoms with E-state index in [0.29, 0.717) is 17.6 Å². The van der Waals surface area contributed by atoms with Crippen LogP contribution in [-0.4, -0.2) is 47.9 Å². The summed E-state index contributed by atoms with van der Waals surface area (Å²) < 4.78 is 17.9. The summed E-state index contributed by atoms with van der Waals surface area (Å²) in [5, 5.41) is 20.0. The van der Waals surface area contributed by atoms with E-state index in [4.69, 9.17) is 19.3 Å². The number of aliphatic hydroxyl groups excluding tert-OH is 1. The van der Waals surface area contributed by atoms with Gasteiger partial charge in [0.2, 0.25) is 0 Å². The molecule has 3 aliphatic rings. The van der Waals surface area contributed by atoms with Crippen LogP contribution in [0.1, 0.15) is 82.3 Å². The van der Waals surface area contributed by atoms with Crippen molar-refractivity contribution in [2.45, 2.75) is 102 Å². The van der Waals surface area contributed by atoms with Gasteiger partial charge in [-0.15, -0.1) is 0 Å². The maximum Gasteiger partial charge on any atom is 0.341 e. The quantitative estimate of drug-likeness (QED) is 0.408. The molecule has 0 radical (unpaired) electrons. The molecule has 0 bridgehead atoms. The Morgan fingerprint density at radius 3 is 2.85 bits per heavy atom. The number of aliphatic hydroxyl groups is 1. The number of aliphatic carboxylic acids is 1. The Balaban J connectivity index is 1.38. The molecule has 1 saturated heterocycles. The lowest BCUT2D eigenvalue weighted by atomic mass is 9.73. The first-order valence-corrected chi connectivity index (χ1v) is 13.5. The number of benzene rings is 1. The minimum absolute atomic E-state index is 0.0626. The Morgan fingerprint density at radius 2 is 2.09 bits per heavy atom. The fraction of sp³-hybridized carbons (Fsp3) is 0.750. The molecule has 1 saturated carbocycles.